The molecule has 1 aliphatic rings. The minimum atomic E-state index is -0.658. The number of anilines is 1. The number of primary amides is 1. The summed E-state index contributed by atoms with van der Waals surface area (Å²) in [7, 11) is 1.65. The van der Waals surface area contributed by atoms with Crippen molar-refractivity contribution < 1.29 is 14.3 Å². The number of nitrogens with zero attached hydrogens (tertiary/aromatic N) is 2. The molecule has 3 amide bonds. The zero-order chi connectivity index (χ0) is 18.2. The van der Waals surface area contributed by atoms with Gasteiger partial charge in [0.1, 0.15) is 11.8 Å². The van der Waals surface area contributed by atoms with Gasteiger partial charge in [0.25, 0.3) is 0 Å². The van der Waals surface area contributed by atoms with Crippen molar-refractivity contribution in [3.05, 3.63) is 24.3 Å². The van der Waals surface area contributed by atoms with E-state index in [2.05, 4.69) is 10.2 Å². The predicted molar refractivity (Wildman–Crippen MR) is 101 cm³/mol. The maximum Gasteiger partial charge on any atom is 0.312 e. The van der Waals surface area contributed by atoms with E-state index in [0.29, 0.717) is 19.5 Å². The number of thioether (sulfide) groups is 1. The molecule has 1 aromatic rings. The first-order chi connectivity index (χ1) is 12.0. The smallest absolute Gasteiger partial charge is 0.312 e. The zero-order valence-corrected chi connectivity index (χ0v) is 15.6. The Bertz CT molecular complexity index is 591. The van der Waals surface area contributed by atoms with Crippen LogP contribution in [0.3, 0.4) is 0 Å². The number of rotatable bonds is 7. The van der Waals surface area contributed by atoms with E-state index in [1.54, 1.807) is 23.8 Å². The van der Waals surface area contributed by atoms with Crippen molar-refractivity contribution in [3.63, 3.8) is 0 Å². The molecule has 1 aromatic carbocycles. The first-order valence-corrected chi connectivity index (χ1v) is 9.67. The van der Waals surface area contributed by atoms with Crippen molar-refractivity contribution in [1.82, 2.24) is 10.2 Å². The summed E-state index contributed by atoms with van der Waals surface area (Å²) in [5.74, 6) is 1.55. The van der Waals surface area contributed by atoms with Crippen LogP contribution in [-0.4, -0.2) is 68.2 Å². The lowest BCUT2D eigenvalue weighted by Crippen LogP contribution is -2.55. The van der Waals surface area contributed by atoms with E-state index in [9.17, 15) is 9.59 Å². The zero-order valence-electron chi connectivity index (χ0n) is 14.7. The van der Waals surface area contributed by atoms with Crippen LogP contribution in [0, 0.1) is 0 Å². The van der Waals surface area contributed by atoms with E-state index >= 15 is 0 Å². The van der Waals surface area contributed by atoms with E-state index in [-0.39, 0.29) is 5.91 Å². The highest BCUT2D eigenvalue weighted by atomic mass is 32.2. The monoisotopic (exact) mass is 366 g/mol. The van der Waals surface area contributed by atoms with Crippen molar-refractivity contribution in [2.75, 3.05) is 50.2 Å². The second-order valence-corrected chi connectivity index (χ2v) is 6.84. The Morgan fingerprint density at radius 2 is 2.04 bits per heavy atom. The lowest BCUT2D eigenvalue weighted by Gasteiger charge is -2.37. The summed E-state index contributed by atoms with van der Waals surface area (Å²) in [5, 5.41) is 2.57. The fraction of sp³-hybridized carbons (Fsp3) is 0.529. The molecule has 0 aromatic heterocycles. The number of hydrogen-bond acceptors (Lipinski definition) is 5. The Labute approximate surface area is 152 Å². The lowest BCUT2D eigenvalue weighted by molar-refractivity contribution is -0.133. The van der Waals surface area contributed by atoms with Gasteiger partial charge in [-0.2, -0.15) is 11.8 Å². The number of hydrogen-bond donors (Lipinski definition) is 2. The predicted octanol–water partition coefficient (Wildman–Crippen LogP) is 1.13. The van der Waals surface area contributed by atoms with Crippen molar-refractivity contribution in [1.29, 1.82) is 0 Å². The average molecular weight is 366 g/mol. The van der Waals surface area contributed by atoms with Crippen LogP contribution in [0.1, 0.15) is 6.42 Å². The SMILES string of the molecule is COc1cccc(N2CCN(C(=O)[C@H](CCSC)NC(N)=O)CC2)c1. The molecule has 8 heteroatoms. The van der Waals surface area contributed by atoms with Gasteiger partial charge in [-0.05, 0) is 30.6 Å². The van der Waals surface area contributed by atoms with E-state index in [0.717, 1.165) is 30.3 Å². The second kappa shape index (κ2) is 9.41. The number of nitrogens with one attached hydrogen (secondary N) is 1. The molecule has 0 saturated carbocycles. The van der Waals surface area contributed by atoms with Crippen molar-refractivity contribution in [3.8, 4) is 5.75 Å². The van der Waals surface area contributed by atoms with Crippen LogP contribution in [0.25, 0.3) is 0 Å². The van der Waals surface area contributed by atoms with Crippen molar-refractivity contribution >= 4 is 29.4 Å². The van der Waals surface area contributed by atoms with Gasteiger partial charge in [-0.25, -0.2) is 4.79 Å². The molecule has 25 heavy (non-hydrogen) atoms. The lowest BCUT2D eigenvalue weighted by atomic mass is 10.1. The Morgan fingerprint density at radius 3 is 2.64 bits per heavy atom. The summed E-state index contributed by atoms with van der Waals surface area (Å²) in [6, 6.07) is 6.70. The fourth-order valence-corrected chi connectivity index (χ4v) is 3.35. The van der Waals surface area contributed by atoms with Gasteiger partial charge in [-0.15, -0.1) is 0 Å². The van der Waals surface area contributed by atoms with E-state index < -0.39 is 12.1 Å². The van der Waals surface area contributed by atoms with Gasteiger partial charge < -0.3 is 25.6 Å². The van der Waals surface area contributed by atoms with Crippen LogP contribution in [0.5, 0.6) is 5.75 Å². The topological polar surface area (TPSA) is 87.9 Å². The number of carbonyl (C=O) groups is 2. The molecular formula is C17H26N4O3S. The average Bonchev–Trinajstić information content (AvgIpc) is 2.64. The molecule has 1 aliphatic heterocycles. The van der Waals surface area contributed by atoms with Gasteiger partial charge in [-0.3, -0.25) is 4.79 Å². The van der Waals surface area contributed by atoms with Crippen LogP contribution < -0.4 is 20.7 Å². The summed E-state index contributed by atoms with van der Waals surface area (Å²) in [6.07, 6.45) is 2.55. The number of ether oxygens (including phenoxy) is 1. The summed E-state index contributed by atoms with van der Waals surface area (Å²) >= 11 is 1.64. The molecule has 0 aliphatic carbocycles. The van der Waals surface area contributed by atoms with Crippen molar-refractivity contribution in [2.24, 2.45) is 5.73 Å². The number of piperazine rings is 1. The molecule has 138 valence electrons. The summed E-state index contributed by atoms with van der Waals surface area (Å²) in [4.78, 5) is 27.9. The Morgan fingerprint density at radius 1 is 1.32 bits per heavy atom. The first kappa shape index (κ1) is 19.2. The first-order valence-electron chi connectivity index (χ1n) is 8.28. The highest BCUT2D eigenvalue weighted by molar-refractivity contribution is 7.98. The second-order valence-electron chi connectivity index (χ2n) is 5.86. The molecular weight excluding hydrogens is 340 g/mol. The molecule has 0 unspecified atom stereocenters. The van der Waals surface area contributed by atoms with Crippen LogP contribution in [0.4, 0.5) is 10.5 Å². The maximum absolute atomic E-state index is 12.7. The summed E-state index contributed by atoms with van der Waals surface area (Å²) < 4.78 is 5.27. The Hall–Kier alpha value is -2.09. The summed E-state index contributed by atoms with van der Waals surface area (Å²) in [6.45, 7) is 2.72. The highest BCUT2D eigenvalue weighted by Crippen LogP contribution is 2.22. The fourth-order valence-electron chi connectivity index (χ4n) is 2.88. The third-order valence-corrected chi connectivity index (χ3v) is 4.88. The molecule has 1 atom stereocenters. The van der Waals surface area contributed by atoms with Crippen LogP contribution in [0.15, 0.2) is 24.3 Å². The Balaban J connectivity index is 1.94. The van der Waals surface area contributed by atoms with E-state index in [1.165, 1.54) is 0 Å². The van der Waals surface area contributed by atoms with Gasteiger partial charge in [0, 0.05) is 37.9 Å². The van der Waals surface area contributed by atoms with Crippen LogP contribution in [0.2, 0.25) is 0 Å². The molecule has 0 spiro atoms. The minimum absolute atomic E-state index is 0.0573. The largest absolute Gasteiger partial charge is 0.497 e. The highest BCUT2D eigenvalue weighted by Gasteiger charge is 2.28. The van der Waals surface area contributed by atoms with Crippen LogP contribution in [-0.2, 0) is 4.79 Å². The minimum Gasteiger partial charge on any atom is -0.497 e. The van der Waals surface area contributed by atoms with Gasteiger partial charge >= 0.3 is 6.03 Å². The van der Waals surface area contributed by atoms with Gasteiger partial charge in [0.2, 0.25) is 5.91 Å². The molecule has 0 radical (unpaired) electrons. The molecule has 2 rings (SSSR count). The molecule has 1 heterocycles. The van der Waals surface area contributed by atoms with Gasteiger partial charge in [0.05, 0.1) is 7.11 Å². The maximum atomic E-state index is 12.7. The number of urea groups is 1. The number of methoxy groups -OCH3 is 1. The van der Waals surface area contributed by atoms with E-state index in [1.807, 2.05) is 30.5 Å². The molecule has 0 bridgehead atoms. The number of amides is 3. The van der Waals surface area contributed by atoms with Gasteiger partial charge in [0.15, 0.2) is 0 Å². The van der Waals surface area contributed by atoms with Crippen LogP contribution >= 0.6 is 11.8 Å². The number of nitrogens with two attached hydrogens (primary N) is 1. The van der Waals surface area contributed by atoms with Gasteiger partial charge in [-0.1, -0.05) is 6.07 Å². The molecule has 3 N–H and O–H groups in total. The molecule has 1 fully saturated rings. The van der Waals surface area contributed by atoms with Crippen molar-refractivity contribution in [2.45, 2.75) is 12.5 Å². The third-order valence-electron chi connectivity index (χ3n) is 4.24. The molecule has 1 saturated heterocycles. The molecule has 7 nitrogen and oxygen atoms in total. The van der Waals surface area contributed by atoms with E-state index in [4.69, 9.17) is 10.5 Å². The number of benzene rings is 1. The normalized spacial score (nSPS) is 15.6. The summed E-state index contributed by atoms with van der Waals surface area (Å²) in [5.41, 5.74) is 6.29. The quantitative estimate of drug-likeness (QED) is 0.755. The Kier molecular flexibility index (Phi) is 7.24. The number of carbonyl (C=O) groups excluding carboxylic acids is 2. The third kappa shape index (κ3) is 5.45. The standard InChI is InChI=1S/C17H26N4O3S/c1-24-14-5-3-4-13(12-14)20-7-9-21(10-8-20)16(22)15(6-11-25-2)19-17(18)23/h3-5,12,15H,6-11H2,1-2H3,(H3,18,19,23)/t15-/m0/s1.